The number of aryl methyl sites for hydroxylation is 1. The quantitative estimate of drug-likeness (QED) is 0.703. The molecule has 2 heterocycles. The average Bonchev–Trinajstić information content (AvgIpc) is 2.95. The molecule has 0 aliphatic heterocycles. The Balaban J connectivity index is 2.67. The first kappa shape index (κ1) is 19.2. The Morgan fingerprint density at radius 3 is 2.31 bits per heavy atom. The molecule has 0 saturated carbocycles. The van der Waals surface area contributed by atoms with Gasteiger partial charge in [0.15, 0.2) is 0 Å². The Labute approximate surface area is 150 Å². The van der Waals surface area contributed by atoms with Crippen LogP contribution in [0.25, 0.3) is 12.2 Å². The van der Waals surface area contributed by atoms with E-state index in [0.29, 0.717) is 17.2 Å². The van der Waals surface area contributed by atoms with Gasteiger partial charge in [-0.1, -0.05) is 20.8 Å². The van der Waals surface area contributed by atoms with E-state index in [1.54, 1.807) is 26.1 Å². The van der Waals surface area contributed by atoms with Crippen LogP contribution in [0.3, 0.4) is 0 Å². The van der Waals surface area contributed by atoms with E-state index in [4.69, 9.17) is 4.42 Å². The molecule has 0 spiro atoms. The van der Waals surface area contributed by atoms with Gasteiger partial charge in [0.2, 0.25) is 0 Å². The summed E-state index contributed by atoms with van der Waals surface area (Å²) in [6.45, 7) is 11.4. The number of aromatic amines is 2. The zero-order valence-electron chi connectivity index (χ0n) is 15.7. The van der Waals surface area contributed by atoms with Crippen molar-refractivity contribution >= 4 is 18.9 Å². The largest absolute Gasteiger partial charge is 0.462 e. The highest BCUT2D eigenvalue weighted by Crippen LogP contribution is 2.26. The standard InChI is InChI=1S/C19H24N4O3/c1-11-7-8-12(26-11)9-14-17(24)23-15(18(25)22-14)10-13(20-5)16(21-6)19(2,3)4/h7-10,21H,5H2,1-4,6H3,(H,22,25)(H,23,24)/b14-9-,15-10-,16-13-. The van der Waals surface area contributed by atoms with Gasteiger partial charge in [0, 0.05) is 24.2 Å². The number of rotatable bonds is 4. The van der Waals surface area contributed by atoms with Crippen LogP contribution in [0.2, 0.25) is 0 Å². The van der Waals surface area contributed by atoms with E-state index in [1.807, 2.05) is 20.8 Å². The lowest BCUT2D eigenvalue weighted by Crippen LogP contribution is -2.46. The normalized spacial score (nSPS) is 14.3. The minimum absolute atomic E-state index is 0.0992. The van der Waals surface area contributed by atoms with Crippen LogP contribution in [0.1, 0.15) is 32.3 Å². The fourth-order valence-corrected chi connectivity index (χ4v) is 2.59. The number of aromatic nitrogens is 2. The highest BCUT2D eigenvalue weighted by atomic mass is 16.3. The lowest BCUT2D eigenvalue weighted by molar-refractivity contribution is 0.469. The smallest absolute Gasteiger partial charge is 0.272 e. The monoisotopic (exact) mass is 356 g/mol. The molecule has 0 aliphatic rings. The number of aliphatic imine (C=N–C) groups is 1. The second-order valence-corrected chi connectivity index (χ2v) is 6.89. The Morgan fingerprint density at radius 2 is 1.81 bits per heavy atom. The van der Waals surface area contributed by atoms with E-state index in [0.717, 1.165) is 5.70 Å². The summed E-state index contributed by atoms with van der Waals surface area (Å²) in [5, 5.41) is 3.30. The van der Waals surface area contributed by atoms with Crippen molar-refractivity contribution in [1.29, 1.82) is 0 Å². The maximum atomic E-state index is 12.4. The van der Waals surface area contributed by atoms with Gasteiger partial charge in [-0.15, -0.1) is 0 Å². The van der Waals surface area contributed by atoms with Gasteiger partial charge >= 0.3 is 0 Å². The molecular weight excluding hydrogens is 332 g/mol. The van der Waals surface area contributed by atoms with Crippen LogP contribution in [-0.4, -0.2) is 23.7 Å². The number of allylic oxidation sites excluding steroid dienone is 2. The third-order valence-electron chi connectivity index (χ3n) is 3.74. The van der Waals surface area contributed by atoms with E-state index >= 15 is 0 Å². The molecule has 2 aromatic rings. The third kappa shape index (κ3) is 4.30. The second-order valence-electron chi connectivity index (χ2n) is 6.89. The van der Waals surface area contributed by atoms with Crippen molar-refractivity contribution in [2.24, 2.45) is 10.4 Å². The van der Waals surface area contributed by atoms with E-state index in [1.165, 1.54) is 12.2 Å². The van der Waals surface area contributed by atoms with Crippen molar-refractivity contribution < 1.29 is 4.42 Å². The van der Waals surface area contributed by atoms with Crippen molar-refractivity contribution in [3.63, 3.8) is 0 Å². The van der Waals surface area contributed by atoms with E-state index in [9.17, 15) is 9.59 Å². The number of hydrogen-bond acceptors (Lipinski definition) is 5. The maximum Gasteiger partial charge on any atom is 0.272 e. The SMILES string of the molecule is C=NC(/C=c1\[nH]c(=O)/c(=C/c2ccc(C)o2)[nH]c1=O)=C(\NC)C(C)(C)C. The summed E-state index contributed by atoms with van der Waals surface area (Å²) < 4.78 is 5.40. The minimum atomic E-state index is -0.440. The predicted octanol–water partition coefficient (Wildman–Crippen LogP) is 0.752. The Hall–Kier alpha value is -3.09. The van der Waals surface area contributed by atoms with Gasteiger partial charge in [-0.3, -0.25) is 14.6 Å². The molecule has 2 rings (SSSR count). The first-order chi connectivity index (χ1) is 12.2. The van der Waals surface area contributed by atoms with Crippen LogP contribution in [0, 0.1) is 12.3 Å². The minimum Gasteiger partial charge on any atom is -0.462 e. The van der Waals surface area contributed by atoms with Crippen LogP contribution in [0.15, 0.2) is 42.5 Å². The van der Waals surface area contributed by atoms with E-state index in [2.05, 4.69) is 27.0 Å². The maximum absolute atomic E-state index is 12.4. The highest BCUT2D eigenvalue weighted by Gasteiger charge is 2.19. The molecule has 7 nitrogen and oxygen atoms in total. The van der Waals surface area contributed by atoms with Gasteiger partial charge < -0.3 is 19.7 Å². The molecule has 0 aliphatic carbocycles. The van der Waals surface area contributed by atoms with Crippen LogP contribution < -0.4 is 27.1 Å². The molecule has 0 fully saturated rings. The van der Waals surface area contributed by atoms with Crippen molar-refractivity contribution in [2.75, 3.05) is 7.05 Å². The van der Waals surface area contributed by atoms with Crippen LogP contribution >= 0.6 is 0 Å². The molecule has 138 valence electrons. The zero-order valence-corrected chi connectivity index (χ0v) is 15.7. The molecule has 2 aromatic heterocycles. The second kappa shape index (κ2) is 7.43. The Morgan fingerprint density at radius 1 is 1.19 bits per heavy atom. The summed E-state index contributed by atoms with van der Waals surface area (Å²) in [5.41, 5.74) is 0.174. The van der Waals surface area contributed by atoms with Crippen molar-refractivity contribution in [2.45, 2.75) is 27.7 Å². The molecule has 7 heteroatoms. The molecular formula is C19H24N4O3. The average molecular weight is 356 g/mol. The molecule has 0 atom stereocenters. The highest BCUT2D eigenvalue weighted by molar-refractivity contribution is 5.51. The fraction of sp³-hybridized carbons (Fsp3) is 0.316. The summed E-state index contributed by atoms with van der Waals surface area (Å²) in [6.07, 6.45) is 2.98. The molecule has 0 unspecified atom stereocenters. The molecule has 0 amide bonds. The summed E-state index contributed by atoms with van der Waals surface area (Å²) in [4.78, 5) is 33.9. The van der Waals surface area contributed by atoms with Gasteiger partial charge in [-0.2, -0.15) is 0 Å². The van der Waals surface area contributed by atoms with Crippen LogP contribution in [0.5, 0.6) is 0 Å². The molecule has 0 aromatic carbocycles. The molecule has 0 bridgehead atoms. The summed E-state index contributed by atoms with van der Waals surface area (Å²) in [7, 11) is 1.77. The van der Waals surface area contributed by atoms with Gasteiger partial charge in [-0.05, 0) is 31.9 Å². The number of hydrogen-bond donors (Lipinski definition) is 3. The van der Waals surface area contributed by atoms with Gasteiger partial charge in [0.05, 0.1) is 5.70 Å². The zero-order chi connectivity index (χ0) is 19.5. The summed E-state index contributed by atoms with van der Waals surface area (Å²) in [6, 6.07) is 3.50. The van der Waals surface area contributed by atoms with Crippen molar-refractivity contribution in [1.82, 2.24) is 15.3 Å². The van der Waals surface area contributed by atoms with Crippen LogP contribution in [0.4, 0.5) is 0 Å². The number of nitrogens with one attached hydrogen (secondary N) is 3. The lowest BCUT2D eigenvalue weighted by atomic mass is 9.90. The van der Waals surface area contributed by atoms with Crippen molar-refractivity contribution in [3.05, 3.63) is 66.5 Å². The van der Waals surface area contributed by atoms with Crippen molar-refractivity contribution in [3.8, 4) is 0 Å². The van der Waals surface area contributed by atoms with Gasteiger partial charge in [0.25, 0.3) is 11.1 Å². The van der Waals surface area contributed by atoms with Crippen LogP contribution in [-0.2, 0) is 0 Å². The topological polar surface area (TPSA) is 103 Å². The van der Waals surface area contributed by atoms with E-state index in [-0.39, 0.29) is 16.1 Å². The number of nitrogens with zero attached hydrogens (tertiary/aromatic N) is 1. The predicted molar refractivity (Wildman–Crippen MR) is 104 cm³/mol. The first-order valence-corrected chi connectivity index (χ1v) is 8.17. The Bertz CT molecular complexity index is 1080. The first-order valence-electron chi connectivity index (χ1n) is 8.17. The Kier molecular flexibility index (Phi) is 5.50. The molecule has 0 radical (unpaired) electrons. The lowest BCUT2D eigenvalue weighted by Gasteiger charge is -2.24. The third-order valence-corrected chi connectivity index (χ3v) is 3.74. The number of furan rings is 1. The molecule has 3 N–H and O–H groups in total. The van der Waals surface area contributed by atoms with E-state index < -0.39 is 11.1 Å². The summed E-state index contributed by atoms with van der Waals surface area (Å²) in [5.74, 6) is 1.20. The van der Waals surface area contributed by atoms with Gasteiger partial charge in [0.1, 0.15) is 22.2 Å². The summed E-state index contributed by atoms with van der Waals surface area (Å²) >= 11 is 0. The molecule has 0 saturated heterocycles. The molecule has 26 heavy (non-hydrogen) atoms. The van der Waals surface area contributed by atoms with Gasteiger partial charge in [-0.25, -0.2) is 0 Å². The fourth-order valence-electron chi connectivity index (χ4n) is 2.59. The number of H-pyrrole nitrogens is 2.